The highest BCUT2D eigenvalue weighted by atomic mass is 19.1. The number of piperazine rings is 1. The molecular formula is C17H20FN3O. The van der Waals surface area contributed by atoms with Crippen LogP contribution in [0.25, 0.3) is 10.9 Å². The topological polar surface area (TPSA) is 39.3 Å². The molecule has 1 amide bonds. The van der Waals surface area contributed by atoms with Crippen LogP contribution in [0.4, 0.5) is 4.39 Å². The van der Waals surface area contributed by atoms with Crippen molar-refractivity contribution in [2.75, 3.05) is 33.2 Å². The number of benzene rings is 1. The van der Waals surface area contributed by atoms with Crippen LogP contribution in [0.15, 0.2) is 24.4 Å². The molecular weight excluding hydrogens is 281 g/mol. The van der Waals surface area contributed by atoms with Gasteiger partial charge < -0.3 is 14.8 Å². The molecule has 2 aromatic rings. The summed E-state index contributed by atoms with van der Waals surface area (Å²) in [6, 6.07) is 4.75. The van der Waals surface area contributed by atoms with Gasteiger partial charge in [0.25, 0.3) is 0 Å². The molecule has 0 spiro atoms. The minimum absolute atomic E-state index is 0.242. The second-order valence-corrected chi connectivity index (χ2v) is 6.57. The molecule has 116 valence electrons. The smallest absolute Gasteiger partial charge is 0.233 e. The van der Waals surface area contributed by atoms with E-state index in [1.54, 1.807) is 6.07 Å². The first-order chi connectivity index (χ1) is 10.6. The summed E-state index contributed by atoms with van der Waals surface area (Å²) in [6.45, 7) is 3.46. The van der Waals surface area contributed by atoms with Gasteiger partial charge in [0.2, 0.25) is 5.91 Å². The van der Waals surface area contributed by atoms with Gasteiger partial charge in [0, 0.05) is 43.3 Å². The second-order valence-electron chi connectivity index (χ2n) is 6.57. The van der Waals surface area contributed by atoms with Gasteiger partial charge >= 0.3 is 0 Å². The van der Waals surface area contributed by atoms with Crippen LogP contribution in [0, 0.1) is 5.82 Å². The van der Waals surface area contributed by atoms with Crippen LogP contribution in [0.3, 0.4) is 0 Å². The number of likely N-dealkylation sites (N-methyl/N-ethyl adjacent to an activating group) is 1. The number of rotatable bonds is 2. The van der Waals surface area contributed by atoms with Gasteiger partial charge in [0.1, 0.15) is 5.82 Å². The Morgan fingerprint density at radius 2 is 1.95 bits per heavy atom. The number of nitrogens with one attached hydrogen (secondary N) is 1. The molecule has 1 N–H and O–H groups in total. The number of aromatic amines is 1. The van der Waals surface area contributed by atoms with Crippen molar-refractivity contribution >= 4 is 16.8 Å². The Labute approximate surface area is 128 Å². The Morgan fingerprint density at radius 1 is 1.23 bits per heavy atom. The summed E-state index contributed by atoms with van der Waals surface area (Å²) in [5.41, 5.74) is 1.42. The highest BCUT2D eigenvalue weighted by molar-refractivity contribution is 5.97. The van der Waals surface area contributed by atoms with Crippen molar-refractivity contribution in [3.63, 3.8) is 0 Å². The largest absolute Gasteiger partial charge is 0.361 e. The van der Waals surface area contributed by atoms with E-state index in [0.29, 0.717) is 0 Å². The highest BCUT2D eigenvalue weighted by Gasteiger charge is 2.54. The quantitative estimate of drug-likeness (QED) is 0.923. The molecule has 0 unspecified atom stereocenters. The Balaban J connectivity index is 1.66. The maximum Gasteiger partial charge on any atom is 0.233 e. The fraction of sp³-hybridized carbons (Fsp3) is 0.471. The maximum atomic E-state index is 13.3. The molecule has 1 aliphatic heterocycles. The number of hydrogen-bond acceptors (Lipinski definition) is 2. The predicted octanol–water partition coefficient (Wildman–Crippen LogP) is 2.11. The number of carbonyl (C=O) groups excluding carboxylic acids is 1. The zero-order valence-electron chi connectivity index (χ0n) is 12.7. The zero-order chi connectivity index (χ0) is 15.3. The Hall–Kier alpha value is -1.88. The molecule has 1 saturated heterocycles. The standard InChI is InChI=1S/C17H20FN3O/c1-20-6-8-21(9-7-20)16(22)17(4-5-17)14-11-19-15-10-12(18)2-3-13(14)15/h2-3,10-11,19H,4-9H2,1H3. The molecule has 5 heteroatoms. The van der Waals surface area contributed by atoms with Crippen LogP contribution in [0.1, 0.15) is 18.4 Å². The van der Waals surface area contributed by atoms with Gasteiger partial charge in [0.15, 0.2) is 0 Å². The van der Waals surface area contributed by atoms with Crippen molar-refractivity contribution in [1.82, 2.24) is 14.8 Å². The summed E-state index contributed by atoms with van der Waals surface area (Å²) in [6.07, 6.45) is 3.68. The van der Waals surface area contributed by atoms with E-state index < -0.39 is 0 Å². The average Bonchev–Trinajstić information content (AvgIpc) is 3.21. The molecule has 1 aliphatic carbocycles. The number of amides is 1. The van der Waals surface area contributed by atoms with E-state index in [0.717, 1.165) is 55.5 Å². The monoisotopic (exact) mass is 301 g/mol. The predicted molar refractivity (Wildman–Crippen MR) is 83.2 cm³/mol. The summed E-state index contributed by atoms with van der Waals surface area (Å²) in [7, 11) is 2.09. The molecule has 2 heterocycles. The molecule has 0 radical (unpaired) electrons. The minimum Gasteiger partial charge on any atom is -0.361 e. The SMILES string of the molecule is CN1CCN(C(=O)C2(c3c[nH]c4cc(F)ccc34)CC2)CC1. The first kappa shape index (κ1) is 13.8. The molecule has 4 rings (SSSR count). The van der Waals surface area contributed by atoms with Crippen LogP contribution in [0.2, 0.25) is 0 Å². The number of aromatic nitrogens is 1. The van der Waals surface area contributed by atoms with Crippen molar-refractivity contribution in [2.24, 2.45) is 0 Å². The fourth-order valence-corrected chi connectivity index (χ4v) is 3.53. The van der Waals surface area contributed by atoms with Crippen molar-refractivity contribution in [3.05, 3.63) is 35.8 Å². The second kappa shape index (κ2) is 4.81. The van der Waals surface area contributed by atoms with Gasteiger partial charge in [0.05, 0.1) is 5.41 Å². The van der Waals surface area contributed by atoms with Gasteiger partial charge in [-0.25, -0.2) is 4.39 Å². The summed E-state index contributed by atoms with van der Waals surface area (Å²) in [4.78, 5) is 20.4. The third-order valence-corrected chi connectivity index (χ3v) is 5.11. The van der Waals surface area contributed by atoms with E-state index in [2.05, 4.69) is 16.9 Å². The van der Waals surface area contributed by atoms with Gasteiger partial charge in [-0.1, -0.05) is 0 Å². The molecule has 0 bridgehead atoms. The minimum atomic E-state index is -0.383. The zero-order valence-corrected chi connectivity index (χ0v) is 12.7. The number of halogens is 1. The lowest BCUT2D eigenvalue weighted by atomic mass is 9.93. The van der Waals surface area contributed by atoms with E-state index in [1.165, 1.54) is 12.1 Å². The third-order valence-electron chi connectivity index (χ3n) is 5.11. The molecule has 0 atom stereocenters. The fourth-order valence-electron chi connectivity index (χ4n) is 3.53. The average molecular weight is 301 g/mol. The summed E-state index contributed by atoms with van der Waals surface area (Å²) in [5.74, 6) is -0.0121. The first-order valence-corrected chi connectivity index (χ1v) is 7.85. The van der Waals surface area contributed by atoms with E-state index in [4.69, 9.17) is 0 Å². The van der Waals surface area contributed by atoms with E-state index in [-0.39, 0.29) is 17.1 Å². The van der Waals surface area contributed by atoms with Crippen LogP contribution in [-0.4, -0.2) is 53.9 Å². The summed E-state index contributed by atoms with van der Waals surface area (Å²) < 4.78 is 13.3. The summed E-state index contributed by atoms with van der Waals surface area (Å²) >= 11 is 0. The molecule has 1 aromatic heterocycles. The Morgan fingerprint density at radius 3 is 2.64 bits per heavy atom. The van der Waals surface area contributed by atoms with Crippen molar-refractivity contribution in [3.8, 4) is 0 Å². The molecule has 2 fully saturated rings. The molecule has 1 saturated carbocycles. The van der Waals surface area contributed by atoms with Gasteiger partial charge in [-0.3, -0.25) is 4.79 Å². The van der Waals surface area contributed by atoms with E-state index in [9.17, 15) is 9.18 Å². The van der Waals surface area contributed by atoms with E-state index in [1.807, 2.05) is 11.1 Å². The van der Waals surface area contributed by atoms with Crippen LogP contribution in [0.5, 0.6) is 0 Å². The number of nitrogens with zero attached hydrogens (tertiary/aromatic N) is 2. The maximum absolute atomic E-state index is 13.3. The molecule has 1 aromatic carbocycles. The molecule has 4 nitrogen and oxygen atoms in total. The number of hydrogen-bond donors (Lipinski definition) is 1. The van der Waals surface area contributed by atoms with Crippen LogP contribution >= 0.6 is 0 Å². The number of H-pyrrole nitrogens is 1. The molecule has 22 heavy (non-hydrogen) atoms. The van der Waals surface area contributed by atoms with Crippen LogP contribution < -0.4 is 0 Å². The Kier molecular flexibility index (Phi) is 3.01. The normalized spacial score (nSPS) is 21.3. The van der Waals surface area contributed by atoms with Crippen LogP contribution in [-0.2, 0) is 10.2 Å². The Bertz CT molecular complexity index is 727. The van der Waals surface area contributed by atoms with Crippen molar-refractivity contribution < 1.29 is 9.18 Å². The van der Waals surface area contributed by atoms with Gasteiger partial charge in [-0.05, 0) is 43.7 Å². The number of carbonyl (C=O) groups is 1. The number of fused-ring (bicyclic) bond motifs is 1. The third kappa shape index (κ3) is 2.03. The lowest BCUT2D eigenvalue weighted by Gasteiger charge is -2.34. The highest BCUT2D eigenvalue weighted by Crippen LogP contribution is 2.51. The van der Waals surface area contributed by atoms with Crippen molar-refractivity contribution in [1.29, 1.82) is 0 Å². The van der Waals surface area contributed by atoms with Gasteiger partial charge in [-0.2, -0.15) is 0 Å². The first-order valence-electron chi connectivity index (χ1n) is 7.85. The lowest BCUT2D eigenvalue weighted by molar-refractivity contribution is -0.135. The summed E-state index contributed by atoms with van der Waals surface area (Å²) in [5, 5.41) is 0.973. The van der Waals surface area contributed by atoms with Gasteiger partial charge in [-0.15, -0.1) is 0 Å². The van der Waals surface area contributed by atoms with E-state index >= 15 is 0 Å². The van der Waals surface area contributed by atoms with Crippen molar-refractivity contribution in [2.45, 2.75) is 18.3 Å². The lowest BCUT2D eigenvalue weighted by Crippen LogP contribution is -2.50. The molecule has 2 aliphatic rings.